The molecule has 0 aromatic carbocycles. The molecule has 1 aliphatic rings. The largest absolute Gasteiger partial charge is 0.406 e. The summed E-state index contributed by atoms with van der Waals surface area (Å²) < 4.78 is 36.0. The molecule has 1 unspecified atom stereocenters. The fourth-order valence-corrected chi connectivity index (χ4v) is 1.39. The van der Waals surface area contributed by atoms with Gasteiger partial charge < -0.3 is 5.32 Å². The van der Waals surface area contributed by atoms with Crippen LogP contribution in [0.15, 0.2) is 0 Å². The lowest BCUT2D eigenvalue weighted by atomic mass is 10.2. The maximum atomic E-state index is 12.0. The van der Waals surface area contributed by atoms with Gasteiger partial charge in [0.05, 0.1) is 0 Å². The summed E-state index contributed by atoms with van der Waals surface area (Å²) in [5.41, 5.74) is 0. The maximum Gasteiger partial charge on any atom is 0.406 e. The SMILES string of the molecule is CCCC1NC(=O)N(CC(F)(F)F)C1=O. The number of imide groups is 1. The highest BCUT2D eigenvalue weighted by Gasteiger charge is 2.43. The molecule has 0 saturated carbocycles. The van der Waals surface area contributed by atoms with Crippen molar-refractivity contribution in [3.8, 4) is 0 Å². The van der Waals surface area contributed by atoms with Crippen molar-refractivity contribution >= 4 is 11.9 Å². The van der Waals surface area contributed by atoms with Crippen LogP contribution in [0.3, 0.4) is 0 Å². The van der Waals surface area contributed by atoms with Crippen molar-refractivity contribution in [2.75, 3.05) is 6.54 Å². The number of alkyl halides is 3. The molecule has 1 N–H and O–H groups in total. The van der Waals surface area contributed by atoms with Crippen molar-refractivity contribution in [3.63, 3.8) is 0 Å². The number of halogens is 3. The van der Waals surface area contributed by atoms with Gasteiger partial charge in [-0.05, 0) is 6.42 Å². The van der Waals surface area contributed by atoms with Crippen molar-refractivity contribution in [2.24, 2.45) is 0 Å². The first kappa shape index (κ1) is 11.8. The first-order valence-electron chi connectivity index (χ1n) is 4.53. The van der Waals surface area contributed by atoms with Gasteiger partial charge in [-0.3, -0.25) is 9.69 Å². The Kier molecular flexibility index (Phi) is 3.21. The van der Waals surface area contributed by atoms with E-state index in [-0.39, 0.29) is 4.90 Å². The molecule has 1 heterocycles. The zero-order chi connectivity index (χ0) is 11.6. The van der Waals surface area contributed by atoms with E-state index in [0.29, 0.717) is 12.8 Å². The van der Waals surface area contributed by atoms with Gasteiger partial charge in [0.25, 0.3) is 5.91 Å². The van der Waals surface area contributed by atoms with E-state index in [1.54, 1.807) is 6.92 Å². The second-order valence-electron chi connectivity index (χ2n) is 3.33. The molecule has 3 amide bonds. The Morgan fingerprint density at radius 1 is 1.40 bits per heavy atom. The van der Waals surface area contributed by atoms with Gasteiger partial charge in [-0.1, -0.05) is 13.3 Å². The number of amides is 3. The van der Waals surface area contributed by atoms with E-state index >= 15 is 0 Å². The van der Waals surface area contributed by atoms with Gasteiger partial charge in [0.2, 0.25) is 0 Å². The number of nitrogens with one attached hydrogen (secondary N) is 1. The summed E-state index contributed by atoms with van der Waals surface area (Å²) >= 11 is 0. The first-order valence-corrected chi connectivity index (χ1v) is 4.53. The highest BCUT2D eigenvalue weighted by atomic mass is 19.4. The molecule has 15 heavy (non-hydrogen) atoms. The van der Waals surface area contributed by atoms with Gasteiger partial charge in [0.1, 0.15) is 12.6 Å². The lowest BCUT2D eigenvalue weighted by Gasteiger charge is -2.14. The van der Waals surface area contributed by atoms with Crippen LogP contribution < -0.4 is 5.32 Å². The van der Waals surface area contributed by atoms with Gasteiger partial charge in [-0.25, -0.2) is 4.79 Å². The smallest absolute Gasteiger partial charge is 0.326 e. The van der Waals surface area contributed by atoms with Crippen molar-refractivity contribution in [1.29, 1.82) is 0 Å². The van der Waals surface area contributed by atoms with E-state index in [1.807, 2.05) is 0 Å². The molecule has 0 radical (unpaired) electrons. The standard InChI is InChI=1S/C8H11F3N2O2/c1-2-3-5-6(14)13(7(15)12-5)4-8(9,10)11/h5H,2-4H2,1H3,(H,12,15). The van der Waals surface area contributed by atoms with Crippen LogP contribution in [0, 0.1) is 0 Å². The summed E-state index contributed by atoms with van der Waals surface area (Å²) in [4.78, 5) is 22.6. The van der Waals surface area contributed by atoms with E-state index in [4.69, 9.17) is 0 Å². The second kappa shape index (κ2) is 4.08. The number of carbonyl (C=O) groups is 2. The molecule has 1 fully saturated rings. The van der Waals surface area contributed by atoms with Crippen LogP contribution in [0.25, 0.3) is 0 Å². The Labute approximate surface area is 84.4 Å². The molecular formula is C8H11F3N2O2. The van der Waals surface area contributed by atoms with Crippen LogP contribution in [-0.4, -0.2) is 35.6 Å². The Morgan fingerprint density at radius 3 is 2.47 bits per heavy atom. The maximum absolute atomic E-state index is 12.0. The minimum absolute atomic E-state index is 0.209. The predicted octanol–water partition coefficient (Wildman–Crippen LogP) is 1.27. The Bertz CT molecular complexity index is 278. The van der Waals surface area contributed by atoms with E-state index in [9.17, 15) is 22.8 Å². The lowest BCUT2D eigenvalue weighted by Crippen LogP contribution is -2.39. The summed E-state index contributed by atoms with van der Waals surface area (Å²) in [6.45, 7) is 0.268. The zero-order valence-corrected chi connectivity index (χ0v) is 8.10. The monoisotopic (exact) mass is 224 g/mol. The molecule has 86 valence electrons. The molecular weight excluding hydrogens is 213 g/mol. The van der Waals surface area contributed by atoms with Crippen LogP contribution in [0.1, 0.15) is 19.8 Å². The molecule has 0 bridgehead atoms. The van der Waals surface area contributed by atoms with Gasteiger partial charge in [-0.15, -0.1) is 0 Å². The van der Waals surface area contributed by atoms with Crippen molar-refractivity contribution in [1.82, 2.24) is 10.2 Å². The lowest BCUT2D eigenvalue weighted by molar-refractivity contribution is -0.153. The molecule has 0 spiro atoms. The average molecular weight is 224 g/mol. The van der Waals surface area contributed by atoms with E-state index in [1.165, 1.54) is 0 Å². The summed E-state index contributed by atoms with van der Waals surface area (Å²) in [5, 5.41) is 2.21. The molecule has 0 aliphatic carbocycles. The minimum Gasteiger partial charge on any atom is -0.326 e. The summed E-state index contributed by atoms with van der Waals surface area (Å²) in [5.74, 6) is -0.792. The first-order chi connectivity index (χ1) is 6.85. The quantitative estimate of drug-likeness (QED) is 0.734. The fraction of sp³-hybridized carbons (Fsp3) is 0.750. The second-order valence-corrected chi connectivity index (χ2v) is 3.33. The number of carbonyl (C=O) groups excluding carboxylic acids is 2. The number of urea groups is 1. The molecule has 0 aromatic heterocycles. The van der Waals surface area contributed by atoms with E-state index < -0.39 is 30.7 Å². The van der Waals surface area contributed by atoms with Crippen LogP contribution in [0.4, 0.5) is 18.0 Å². The van der Waals surface area contributed by atoms with Crippen LogP contribution in [-0.2, 0) is 4.79 Å². The van der Waals surface area contributed by atoms with Gasteiger partial charge >= 0.3 is 12.2 Å². The predicted molar refractivity (Wildman–Crippen MR) is 45.0 cm³/mol. The normalized spacial score (nSPS) is 22.1. The van der Waals surface area contributed by atoms with E-state index in [2.05, 4.69) is 5.32 Å². The topological polar surface area (TPSA) is 49.4 Å². The van der Waals surface area contributed by atoms with Gasteiger partial charge in [-0.2, -0.15) is 13.2 Å². The van der Waals surface area contributed by atoms with Crippen LogP contribution in [0.2, 0.25) is 0 Å². The molecule has 1 saturated heterocycles. The number of hydrogen-bond donors (Lipinski definition) is 1. The molecule has 0 aromatic rings. The number of rotatable bonds is 3. The van der Waals surface area contributed by atoms with Crippen LogP contribution >= 0.6 is 0 Å². The summed E-state index contributed by atoms with van der Waals surface area (Å²) in [7, 11) is 0. The highest BCUT2D eigenvalue weighted by Crippen LogP contribution is 2.20. The highest BCUT2D eigenvalue weighted by molar-refractivity contribution is 6.04. The Balaban J connectivity index is 2.67. The van der Waals surface area contributed by atoms with Gasteiger partial charge in [0.15, 0.2) is 0 Å². The zero-order valence-electron chi connectivity index (χ0n) is 8.10. The Morgan fingerprint density at radius 2 is 2.00 bits per heavy atom. The van der Waals surface area contributed by atoms with Crippen molar-refractivity contribution in [3.05, 3.63) is 0 Å². The van der Waals surface area contributed by atoms with Crippen LogP contribution in [0.5, 0.6) is 0 Å². The molecule has 7 heteroatoms. The molecule has 1 aliphatic heterocycles. The van der Waals surface area contributed by atoms with Crippen molar-refractivity contribution in [2.45, 2.75) is 32.0 Å². The van der Waals surface area contributed by atoms with Crippen molar-refractivity contribution < 1.29 is 22.8 Å². The number of nitrogens with zero attached hydrogens (tertiary/aromatic N) is 1. The Hall–Kier alpha value is -1.27. The average Bonchev–Trinajstić information content (AvgIpc) is 2.32. The summed E-state index contributed by atoms with van der Waals surface area (Å²) in [6.07, 6.45) is -3.57. The van der Waals surface area contributed by atoms with E-state index in [0.717, 1.165) is 0 Å². The third-order valence-corrected chi connectivity index (χ3v) is 2.02. The van der Waals surface area contributed by atoms with Gasteiger partial charge in [0, 0.05) is 0 Å². The molecule has 1 atom stereocenters. The fourth-order valence-electron chi connectivity index (χ4n) is 1.39. The third kappa shape index (κ3) is 2.84. The molecule has 4 nitrogen and oxygen atoms in total. The minimum atomic E-state index is -4.55. The third-order valence-electron chi connectivity index (χ3n) is 2.02. The molecule has 1 rings (SSSR count). The number of hydrogen-bond acceptors (Lipinski definition) is 2. The summed E-state index contributed by atoms with van der Waals surface area (Å²) in [6, 6.07) is -1.76.